The standard InChI is InChI=1S/C16H21N3O2/c1-19(10-12-4-6-13(17)7-5-12)11-14-16(21-3)15(20-2)8-9-18-14/h4-9H,10-11,17H2,1-3H3. The SMILES string of the molecule is COc1ccnc(CN(C)Cc2ccc(N)cc2)c1OC. The molecule has 1 aromatic carbocycles. The summed E-state index contributed by atoms with van der Waals surface area (Å²) in [6, 6.07) is 9.67. The van der Waals surface area contributed by atoms with E-state index in [1.165, 1.54) is 5.56 Å². The molecule has 0 amide bonds. The zero-order chi connectivity index (χ0) is 15.2. The van der Waals surface area contributed by atoms with Gasteiger partial charge in [-0.2, -0.15) is 0 Å². The monoisotopic (exact) mass is 287 g/mol. The lowest BCUT2D eigenvalue weighted by Crippen LogP contribution is -2.18. The molecule has 2 aromatic rings. The van der Waals surface area contributed by atoms with E-state index >= 15 is 0 Å². The minimum Gasteiger partial charge on any atom is -0.493 e. The van der Waals surface area contributed by atoms with Crippen LogP contribution in [0.25, 0.3) is 0 Å². The fourth-order valence-corrected chi connectivity index (χ4v) is 2.21. The van der Waals surface area contributed by atoms with Crippen molar-refractivity contribution in [2.75, 3.05) is 27.0 Å². The Hall–Kier alpha value is -2.27. The largest absolute Gasteiger partial charge is 0.493 e. The van der Waals surface area contributed by atoms with Crippen LogP contribution in [0.4, 0.5) is 5.69 Å². The number of pyridine rings is 1. The normalized spacial score (nSPS) is 10.7. The number of benzene rings is 1. The molecule has 0 aliphatic rings. The van der Waals surface area contributed by atoms with Crippen molar-refractivity contribution in [3.05, 3.63) is 47.8 Å². The first-order valence-electron chi connectivity index (χ1n) is 6.73. The second-order valence-corrected chi connectivity index (χ2v) is 4.91. The molecule has 1 aromatic heterocycles. The third-order valence-corrected chi connectivity index (χ3v) is 3.22. The van der Waals surface area contributed by atoms with Crippen molar-refractivity contribution < 1.29 is 9.47 Å². The Balaban J connectivity index is 2.08. The molecule has 0 fully saturated rings. The van der Waals surface area contributed by atoms with Crippen molar-refractivity contribution >= 4 is 5.69 Å². The summed E-state index contributed by atoms with van der Waals surface area (Å²) in [6.45, 7) is 1.48. The molecule has 5 nitrogen and oxygen atoms in total. The number of hydrogen-bond donors (Lipinski definition) is 1. The summed E-state index contributed by atoms with van der Waals surface area (Å²) in [5.41, 5.74) is 8.53. The summed E-state index contributed by atoms with van der Waals surface area (Å²) >= 11 is 0. The molecular formula is C16H21N3O2. The quantitative estimate of drug-likeness (QED) is 0.826. The van der Waals surface area contributed by atoms with Crippen LogP contribution in [-0.2, 0) is 13.1 Å². The highest BCUT2D eigenvalue weighted by atomic mass is 16.5. The van der Waals surface area contributed by atoms with Gasteiger partial charge in [0.15, 0.2) is 11.5 Å². The van der Waals surface area contributed by atoms with Crippen LogP contribution in [0, 0.1) is 0 Å². The summed E-state index contributed by atoms with van der Waals surface area (Å²) in [6.07, 6.45) is 1.73. The molecule has 0 aliphatic carbocycles. The maximum atomic E-state index is 5.70. The highest BCUT2D eigenvalue weighted by Gasteiger charge is 2.13. The van der Waals surface area contributed by atoms with Crippen molar-refractivity contribution in [2.24, 2.45) is 0 Å². The number of ether oxygens (including phenoxy) is 2. The van der Waals surface area contributed by atoms with Gasteiger partial charge < -0.3 is 15.2 Å². The van der Waals surface area contributed by atoms with E-state index in [1.54, 1.807) is 26.5 Å². The molecule has 112 valence electrons. The number of methoxy groups -OCH3 is 2. The highest BCUT2D eigenvalue weighted by Crippen LogP contribution is 2.29. The Morgan fingerprint density at radius 1 is 1.05 bits per heavy atom. The van der Waals surface area contributed by atoms with Gasteiger partial charge >= 0.3 is 0 Å². The molecule has 0 radical (unpaired) electrons. The average molecular weight is 287 g/mol. The van der Waals surface area contributed by atoms with Crippen LogP contribution >= 0.6 is 0 Å². The number of hydrogen-bond acceptors (Lipinski definition) is 5. The maximum absolute atomic E-state index is 5.70. The Kier molecular flexibility index (Phi) is 5.00. The van der Waals surface area contributed by atoms with Crippen molar-refractivity contribution in [3.63, 3.8) is 0 Å². The molecule has 2 rings (SSSR count). The van der Waals surface area contributed by atoms with Gasteiger partial charge in [0.2, 0.25) is 0 Å². The van der Waals surface area contributed by atoms with Crippen LogP contribution in [0.5, 0.6) is 11.5 Å². The van der Waals surface area contributed by atoms with Crippen molar-refractivity contribution in [1.29, 1.82) is 0 Å². The van der Waals surface area contributed by atoms with Crippen LogP contribution in [-0.4, -0.2) is 31.2 Å². The first kappa shape index (κ1) is 15.1. The van der Waals surface area contributed by atoms with E-state index in [9.17, 15) is 0 Å². The van der Waals surface area contributed by atoms with Gasteiger partial charge in [0, 0.05) is 31.0 Å². The van der Waals surface area contributed by atoms with Gasteiger partial charge in [-0.15, -0.1) is 0 Å². The number of aromatic nitrogens is 1. The topological polar surface area (TPSA) is 60.6 Å². The molecule has 0 bridgehead atoms. The van der Waals surface area contributed by atoms with Crippen LogP contribution in [0.3, 0.4) is 0 Å². The fraction of sp³-hybridized carbons (Fsp3) is 0.312. The lowest BCUT2D eigenvalue weighted by molar-refractivity contribution is 0.298. The van der Waals surface area contributed by atoms with Crippen molar-refractivity contribution in [1.82, 2.24) is 9.88 Å². The van der Waals surface area contributed by atoms with Gasteiger partial charge in [0.1, 0.15) is 5.69 Å². The van der Waals surface area contributed by atoms with Gasteiger partial charge in [-0.3, -0.25) is 9.88 Å². The Morgan fingerprint density at radius 3 is 2.38 bits per heavy atom. The molecule has 0 spiro atoms. The molecule has 0 aliphatic heterocycles. The number of nitrogens with two attached hydrogens (primary N) is 1. The van der Waals surface area contributed by atoms with Gasteiger partial charge in [0.05, 0.1) is 14.2 Å². The van der Waals surface area contributed by atoms with E-state index < -0.39 is 0 Å². The van der Waals surface area contributed by atoms with Crippen molar-refractivity contribution in [2.45, 2.75) is 13.1 Å². The first-order valence-corrected chi connectivity index (χ1v) is 6.73. The van der Waals surface area contributed by atoms with Gasteiger partial charge in [-0.05, 0) is 24.7 Å². The summed E-state index contributed by atoms with van der Waals surface area (Å²) in [4.78, 5) is 6.55. The molecule has 0 saturated heterocycles. The minimum atomic E-state index is 0.671. The van der Waals surface area contributed by atoms with Crippen LogP contribution in [0.15, 0.2) is 36.5 Å². The van der Waals surface area contributed by atoms with E-state index in [0.29, 0.717) is 18.0 Å². The third kappa shape index (κ3) is 3.86. The van der Waals surface area contributed by atoms with E-state index in [4.69, 9.17) is 15.2 Å². The third-order valence-electron chi connectivity index (χ3n) is 3.22. The van der Waals surface area contributed by atoms with E-state index in [1.807, 2.05) is 31.3 Å². The minimum absolute atomic E-state index is 0.671. The second kappa shape index (κ2) is 6.95. The number of rotatable bonds is 6. The second-order valence-electron chi connectivity index (χ2n) is 4.91. The Bertz CT molecular complexity index is 585. The van der Waals surface area contributed by atoms with E-state index in [0.717, 1.165) is 17.9 Å². The lowest BCUT2D eigenvalue weighted by Gasteiger charge is -2.18. The number of nitrogens with zero attached hydrogens (tertiary/aromatic N) is 2. The Morgan fingerprint density at radius 2 is 1.76 bits per heavy atom. The molecule has 1 heterocycles. The van der Waals surface area contributed by atoms with Crippen LogP contribution in [0.2, 0.25) is 0 Å². The van der Waals surface area contributed by atoms with E-state index in [-0.39, 0.29) is 0 Å². The first-order chi connectivity index (χ1) is 10.1. The molecule has 0 atom stereocenters. The lowest BCUT2D eigenvalue weighted by atomic mass is 10.2. The van der Waals surface area contributed by atoms with E-state index in [2.05, 4.69) is 9.88 Å². The average Bonchev–Trinajstić information content (AvgIpc) is 2.49. The summed E-state index contributed by atoms with van der Waals surface area (Å²) in [7, 11) is 5.29. The van der Waals surface area contributed by atoms with Crippen LogP contribution in [0.1, 0.15) is 11.3 Å². The van der Waals surface area contributed by atoms with Gasteiger partial charge in [-0.1, -0.05) is 12.1 Å². The molecule has 21 heavy (non-hydrogen) atoms. The molecule has 5 heteroatoms. The number of anilines is 1. The zero-order valence-corrected chi connectivity index (χ0v) is 12.7. The predicted octanol–water partition coefficient (Wildman–Crippen LogP) is 2.31. The molecule has 2 N–H and O–H groups in total. The highest BCUT2D eigenvalue weighted by molar-refractivity contribution is 5.42. The summed E-state index contributed by atoms with van der Waals surface area (Å²) < 4.78 is 10.7. The van der Waals surface area contributed by atoms with Gasteiger partial charge in [0.25, 0.3) is 0 Å². The molecule has 0 saturated carbocycles. The summed E-state index contributed by atoms with van der Waals surface area (Å²) in [5.74, 6) is 1.38. The van der Waals surface area contributed by atoms with Gasteiger partial charge in [-0.25, -0.2) is 0 Å². The zero-order valence-electron chi connectivity index (χ0n) is 12.7. The molecule has 0 unspecified atom stereocenters. The fourth-order valence-electron chi connectivity index (χ4n) is 2.21. The molecular weight excluding hydrogens is 266 g/mol. The van der Waals surface area contributed by atoms with Crippen LogP contribution < -0.4 is 15.2 Å². The van der Waals surface area contributed by atoms with Crippen molar-refractivity contribution in [3.8, 4) is 11.5 Å². The predicted molar refractivity (Wildman–Crippen MR) is 83.4 cm³/mol. The number of nitrogen functional groups attached to an aromatic ring is 1. The maximum Gasteiger partial charge on any atom is 0.183 e. The summed E-state index contributed by atoms with van der Waals surface area (Å²) in [5, 5.41) is 0. The smallest absolute Gasteiger partial charge is 0.183 e. The Labute approximate surface area is 125 Å².